The molecule has 19 heavy (non-hydrogen) atoms. The van der Waals surface area contributed by atoms with Gasteiger partial charge in [0.25, 0.3) is 5.91 Å². The lowest BCUT2D eigenvalue weighted by atomic mass is 10.2. The van der Waals surface area contributed by atoms with Crippen LogP contribution in [0.1, 0.15) is 10.4 Å². The van der Waals surface area contributed by atoms with Gasteiger partial charge < -0.3 is 11.1 Å². The van der Waals surface area contributed by atoms with E-state index >= 15 is 0 Å². The van der Waals surface area contributed by atoms with E-state index in [9.17, 15) is 9.18 Å². The van der Waals surface area contributed by atoms with Crippen LogP contribution in [0, 0.1) is 5.82 Å². The fourth-order valence-electron chi connectivity index (χ4n) is 1.52. The normalized spacial score (nSPS) is 10.3. The van der Waals surface area contributed by atoms with Crippen LogP contribution in [-0.2, 0) is 0 Å². The van der Waals surface area contributed by atoms with Crippen molar-refractivity contribution < 1.29 is 9.18 Å². The predicted octanol–water partition coefficient (Wildman–Crippen LogP) is 4.08. The Bertz CT molecular complexity index is 628. The third kappa shape index (κ3) is 3.45. The van der Waals surface area contributed by atoms with Crippen molar-refractivity contribution in [3.05, 3.63) is 57.3 Å². The molecule has 98 valence electrons. The van der Waals surface area contributed by atoms with Crippen molar-refractivity contribution in [3.8, 4) is 0 Å². The quantitative estimate of drug-likeness (QED) is 0.807. The zero-order valence-corrected chi connectivity index (χ0v) is 11.9. The van der Waals surface area contributed by atoms with E-state index < -0.39 is 5.82 Å². The van der Waals surface area contributed by atoms with Gasteiger partial charge in [0.1, 0.15) is 5.82 Å². The van der Waals surface area contributed by atoms with Crippen molar-refractivity contribution in [2.24, 2.45) is 0 Å². The first-order chi connectivity index (χ1) is 8.95. The third-order valence-electron chi connectivity index (χ3n) is 2.36. The predicted molar refractivity (Wildman–Crippen MR) is 77.9 cm³/mol. The van der Waals surface area contributed by atoms with Gasteiger partial charge in [-0.2, -0.15) is 0 Å². The van der Waals surface area contributed by atoms with Crippen molar-refractivity contribution in [2.45, 2.75) is 0 Å². The highest BCUT2D eigenvalue weighted by Gasteiger charge is 2.09. The second-order valence-electron chi connectivity index (χ2n) is 3.86. The Morgan fingerprint density at radius 3 is 2.63 bits per heavy atom. The molecule has 3 nitrogen and oxygen atoms in total. The Hall–Kier alpha value is -1.59. The molecule has 0 bridgehead atoms. The van der Waals surface area contributed by atoms with Crippen LogP contribution in [0.25, 0.3) is 0 Å². The van der Waals surface area contributed by atoms with E-state index in [1.165, 1.54) is 30.3 Å². The molecule has 0 unspecified atom stereocenters. The van der Waals surface area contributed by atoms with Gasteiger partial charge in [0.2, 0.25) is 0 Å². The number of carbonyl (C=O) groups is 1. The highest BCUT2D eigenvalue weighted by Crippen LogP contribution is 2.22. The van der Waals surface area contributed by atoms with E-state index in [4.69, 9.17) is 17.3 Å². The number of amides is 1. The van der Waals surface area contributed by atoms with Crippen LogP contribution >= 0.6 is 27.5 Å². The molecular formula is C13H9BrClFN2O. The molecule has 0 aromatic heterocycles. The summed E-state index contributed by atoms with van der Waals surface area (Å²) in [4.78, 5) is 12.0. The summed E-state index contributed by atoms with van der Waals surface area (Å²) in [6.45, 7) is 0. The van der Waals surface area contributed by atoms with Crippen LogP contribution in [0.5, 0.6) is 0 Å². The Morgan fingerprint density at radius 1 is 1.26 bits per heavy atom. The number of hydrogen-bond acceptors (Lipinski definition) is 2. The van der Waals surface area contributed by atoms with Crippen molar-refractivity contribution in [1.29, 1.82) is 0 Å². The van der Waals surface area contributed by atoms with E-state index in [0.717, 1.165) is 0 Å². The molecule has 0 saturated heterocycles. The van der Waals surface area contributed by atoms with Gasteiger partial charge in [-0.3, -0.25) is 4.79 Å². The second-order valence-corrected chi connectivity index (χ2v) is 5.15. The summed E-state index contributed by atoms with van der Waals surface area (Å²) in [5.41, 5.74) is 6.82. The highest BCUT2D eigenvalue weighted by molar-refractivity contribution is 9.10. The first kappa shape index (κ1) is 13.8. The molecule has 2 rings (SSSR count). The van der Waals surface area contributed by atoms with E-state index in [-0.39, 0.29) is 10.4 Å². The van der Waals surface area contributed by atoms with Gasteiger partial charge in [0.15, 0.2) is 0 Å². The number of hydrogen-bond donors (Lipinski definition) is 2. The van der Waals surface area contributed by atoms with E-state index in [1.807, 2.05) is 0 Å². The summed E-state index contributed by atoms with van der Waals surface area (Å²) >= 11 is 8.87. The lowest BCUT2D eigenvalue weighted by molar-refractivity contribution is 0.102. The number of nitrogens with two attached hydrogens (primary N) is 1. The zero-order valence-electron chi connectivity index (χ0n) is 9.58. The fourth-order valence-corrected chi connectivity index (χ4v) is 2.14. The molecule has 2 aromatic carbocycles. The number of anilines is 2. The van der Waals surface area contributed by atoms with E-state index in [2.05, 4.69) is 21.2 Å². The van der Waals surface area contributed by atoms with Crippen LogP contribution in [-0.4, -0.2) is 5.91 Å². The average Bonchev–Trinajstić information content (AvgIpc) is 2.32. The molecule has 0 aliphatic rings. The third-order valence-corrected chi connectivity index (χ3v) is 3.19. The number of carbonyl (C=O) groups excluding carboxylic acids is 1. The summed E-state index contributed by atoms with van der Waals surface area (Å²) < 4.78 is 13.3. The monoisotopic (exact) mass is 342 g/mol. The molecule has 3 N–H and O–H groups in total. The molecular weight excluding hydrogens is 335 g/mol. The summed E-state index contributed by atoms with van der Waals surface area (Å²) in [6.07, 6.45) is 0. The SMILES string of the molecule is Nc1cc(Cl)cc(C(=O)Nc2ccc(F)c(Br)c2)c1. The molecule has 1 amide bonds. The summed E-state index contributed by atoms with van der Waals surface area (Å²) in [7, 11) is 0. The van der Waals surface area contributed by atoms with Crippen molar-refractivity contribution in [1.82, 2.24) is 0 Å². The van der Waals surface area contributed by atoms with Crippen LogP contribution in [0.15, 0.2) is 40.9 Å². The number of halogens is 3. The van der Waals surface area contributed by atoms with Gasteiger partial charge in [0.05, 0.1) is 4.47 Å². The molecule has 0 heterocycles. The summed E-state index contributed by atoms with van der Waals surface area (Å²) in [5, 5.41) is 3.01. The molecule has 0 saturated carbocycles. The smallest absolute Gasteiger partial charge is 0.255 e. The topological polar surface area (TPSA) is 55.1 Å². The first-order valence-corrected chi connectivity index (χ1v) is 6.45. The minimum Gasteiger partial charge on any atom is -0.399 e. The van der Waals surface area contributed by atoms with Crippen LogP contribution < -0.4 is 11.1 Å². The lowest BCUT2D eigenvalue weighted by Crippen LogP contribution is -2.12. The maximum Gasteiger partial charge on any atom is 0.255 e. The lowest BCUT2D eigenvalue weighted by Gasteiger charge is -2.07. The average molecular weight is 344 g/mol. The van der Waals surface area contributed by atoms with E-state index in [0.29, 0.717) is 22.0 Å². The molecule has 0 fully saturated rings. The van der Waals surface area contributed by atoms with Crippen molar-refractivity contribution >= 4 is 44.8 Å². The van der Waals surface area contributed by atoms with Crippen LogP contribution in [0.4, 0.5) is 15.8 Å². The Kier molecular flexibility index (Phi) is 4.07. The van der Waals surface area contributed by atoms with Crippen molar-refractivity contribution in [2.75, 3.05) is 11.1 Å². The van der Waals surface area contributed by atoms with Gasteiger partial charge >= 0.3 is 0 Å². The number of nitrogens with one attached hydrogen (secondary N) is 1. The Balaban J connectivity index is 2.22. The molecule has 0 radical (unpaired) electrons. The largest absolute Gasteiger partial charge is 0.399 e. The Labute approximate surface area is 122 Å². The van der Waals surface area contributed by atoms with Gasteiger partial charge in [-0.25, -0.2) is 4.39 Å². The molecule has 2 aromatic rings. The minimum absolute atomic E-state index is 0.274. The summed E-state index contributed by atoms with van der Waals surface area (Å²) in [6, 6.07) is 8.76. The molecule has 0 spiro atoms. The fraction of sp³-hybridized carbons (Fsp3) is 0. The van der Waals surface area contributed by atoms with Gasteiger partial charge in [-0.05, 0) is 52.3 Å². The van der Waals surface area contributed by atoms with Gasteiger partial charge in [-0.15, -0.1) is 0 Å². The number of rotatable bonds is 2. The van der Waals surface area contributed by atoms with Gasteiger partial charge in [0, 0.05) is 22.0 Å². The van der Waals surface area contributed by atoms with E-state index in [1.54, 1.807) is 6.07 Å². The maximum atomic E-state index is 13.1. The molecule has 0 aliphatic carbocycles. The van der Waals surface area contributed by atoms with Crippen molar-refractivity contribution in [3.63, 3.8) is 0 Å². The van der Waals surface area contributed by atoms with Crippen LogP contribution in [0.3, 0.4) is 0 Å². The van der Waals surface area contributed by atoms with Crippen LogP contribution in [0.2, 0.25) is 5.02 Å². The number of benzene rings is 2. The zero-order chi connectivity index (χ0) is 14.0. The maximum absolute atomic E-state index is 13.1. The van der Waals surface area contributed by atoms with Gasteiger partial charge in [-0.1, -0.05) is 11.6 Å². The number of nitrogen functional groups attached to an aromatic ring is 1. The summed E-state index contributed by atoms with van der Waals surface area (Å²) in [5.74, 6) is -0.766. The standard InChI is InChI=1S/C13H9BrClFN2O/c14-11-6-10(1-2-12(11)16)18-13(19)7-3-8(15)5-9(17)4-7/h1-6H,17H2,(H,18,19). The first-order valence-electron chi connectivity index (χ1n) is 5.28. The molecule has 6 heteroatoms. The second kappa shape index (κ2) is 5.59. The Morgan fingerprint density at radius 2 is 2.00 bits per heavy atom. The highest BCUT2D eigenvalue weighted by atomic mass is 79.9. The minimum atomic E-state index is -0.398. The molecule has 0 aliphatic heterocycles. The molecule has 0 atom stereocenters.